The van der Waals surface area contributed by atoms with Gasteiger partial charge in [0.15, 0.2) is 0 Å². The third-order valence-corrected chi connectivity index (χ3v) is 5.79. The van der Waals surface area contributed by atoms with E-state index >= 15 is 0 Å². The maximum absolute atomic E-state index is 13.2. The lowest BCUT2D eigenvalue weighted by Crippen LogP contribution is -2.36. The molecule has 0 saturated carbocycles. The van der Waals surface area contributed by atoms with Crippen LogP contribution in [0.5, 0.6) is 0 Å². The topological polar surface area (TPSA) is 71.3 Å². The number of carbonyl (C=O) groups excluding carboxylic acids is 2. The summed E-state index contributed by atoms with van der Waals surface area (Å²) < 4.78 is 5.91. The number of amides is 2. The van der Waals surface area contributed by atoms with Crippen LogP contribution >= 0.6 is 23.2 Å². The average molecular weight is 505 g/mol. The van der Waals surface area contributed by atoms with E-state index < -0.39 is 11.8 Å². The van der Waals surface area contributed by atoms with Gasteiger partial charge in [-0.2, -0.15) is 0 Å². The maximum Gasteiger partial charge on any atom is 0.268 e. The Labute approximate surface area is 213 Å². The second kappa shape index (κ2) is 11.1. The molecule has 0 aliphatic rings. The molecular weight excluding hydrogens is 483 g/mol. The molecule has 0 aliphatic heterocycles. The monoisotopic (exact) mass is 504 g/mol. The third kappa shape index (κ3) is 6.41. The van der Waals surface area contributed by atoms with Gasteiger partial charge in [0.2, 0.25) is 0 Å². The molecule has 176 valence electrons. The molecule has 1 unspecified atom stereocenters. The van der Waals surface area contributed by atoms with Gasteiger partial charge in [0.05, 0.1) is 6.04 Å². The summed E-state index contributed by atoms with van der Waals surface area (Å²) >= 11 is 11.9. The first-order valence-electron chi connectivity index (χ1n) is 10.9. The van der Waals surface area contributed by atoms with E-state index in [4.69, 9.17) is 27.6 Å². The van der Waals surface area contributed by atoms with Crippen molar-refractivity contribution in [2.75, 3.05) is 0 Å². The second-order valence-corrected chi connectivity index (χ2v) is 8.71. The van der Waals surface area contributed by atoms with Crippen LogP contribution in [-0.2, 0) is 4.79 Å². The lowest BCUT2D eigenvalue weighted by Gasteiger charge is -2.16. The molecule has 2 amide bonds. The standard InChI is InChI=1S/C28H22Cl2N2O3/c1-18(19-5-3-2-4-6-19)31-28(34)25(32-27(33)21-9-13-23(30)14-10-21)17-24-15-16-26(35-24)20-7-11-22(29)12-8-20/h2-18H,1H3,(H,31,34)(H,32,33). The first kappa shape index (κ1) is 24.3. The van der Waals surface area contributed by atoms with Crippen molar-refractivity contribution in [3.8, 4) is 11.3 Å². The summed E-state index contributed by atoms with van der Waals surface area (Å²) in [4.78, 5) is 26.1. The molecule has 0 radical (unpaired) electrons. The predicted octanol–water partition coefficient (Wildman–Crippen LogP) is 6.90. The minimum absolute atomic E-state index is 0.0461. The Morgan fingerprint density at radius 1 is 0.829 bits per heavy atom. The van der Waals surface area contributed by atoms with Gasteiger partial charge in [0.25, 0.3) is 11.8 Å². The van der Waals surface area contributed by atoms with E-state index in [0.29, 0.717) is 27.1 Å². The molecule has 4 rings (SSSR count). The van der Waals surface area contributed by atoms with Gasteiger partial charge in [-0.05, 0) is 73.2 Å². The first-order chi connectivity index (χ1) is 16.9. The summed E-state index contributed by atoms with van der Waals surface area (Å²) in [5, 5.41) is 6.76. The molecule has 1 heterocycles. The molecule has 4 aromatic rings. The van der Waals surface area contributed by atoms with E-state index in [-0.39, 0.29) is 11.7 Å². The Morgan fingerprint density at radius 2 is 1.46 bits per heavy atom. The number of carbonyl (C=O) groups is 2. The van der Waals surface area contributed by atoms with Gasteiger partial charge in [-0.1, -0.05) is 53.5 Å². The van der Waals surface area contributed by atoms with Crippen molar-refractivity contribution in [2.24, 2.45) is 0 Å². The molecule has 35 heavy (non-hydrogen) atoms. The van der Waals surface area contributed by atoms with Gasteiger partial charge in [-0.25, -0.2) is 0 Å². The second-order valence-electron chi connectivity index (χ2n) is 7.83. The highest BCUT2D eigenvalue weighted by atomic mass is 35.5. The molecule has 2 N–H and O–H groups in total. The molecule has 0 spiro atoms. The van der Waals surface area contributed by atoms with Crippen LogP contribution in [0.15, 0.2) is 101 Å². The zero-order valence-corrected chi connectivity index (χ0v) is 20.3. The lowest BCUT2D eigenvalue weighted by molar-refractivity contribution is -0.118. The van der Waals surface area contributed by atoms with Crippen molar-refractivity contribution in [1.29, 1.82) is 0 Å². The van der Waals surface area contributed by atoms with Crippen molar-refractivity contribution in [3.05, 3.63) is 124 Å². The quantitative estimate of drug-likeness (QED) is 0.269. The molecule has 1 atom stereocenters. The predicted molar refractivity (Wildman–Crippen MR) is 139 cm³/mol. The zero-order valence-electron chi connectivity index (χ0n) is 18.8. The summed E-state index contributed by atoms with van der Waals surface area (Å²) in [5.74, 6) is 0.117. The summed E-state index contributed by atoms with van der Waals surface area (Å²) in [6, 6.07) is 26.4. The van der Waals surface area contributed by atoms with Crippen LogP contribution < -0.4 is 10.6 Å². The summed E-state index contributed by atoms with van der Waals surface area (Å²) in [6.07, 6.45) is 1.50. The van der Waals surface area contributed by atoms with Gasteiger partial charge in [-0.3, -0.25) is 9.59 Å². The fourth-order valence-electron chi connectivity index (χ4n) is 3.40. The lowest BCUT2D eigenvalue weighted by atomic mass is 10.1. The van der Waals surface area contributed by atoms with E-state index in [1.807, 2.05) is 49.4 Å². The third-order valence-electron chi connectivity index (χ3n) is 5.29. The van der Waals surface area contributed by atoms with Crippen LogP contribution in [-0.4, -0.2) is 11.8 Å². The molecule has 5 nitrogen and oxygen atoms in total. The number of rotatable bonds is 7. The smallest absolute Gasteiger partial charge is 0.268 e. The van der Waals surface area contributed by atoms with Crippen LogP contribution in [0, 0.1) is 0 Å². The van der Waals surface area contributed by atoms with Crippen molar-refractivity contribution in [2.45, 2.75) is 13.0 Å². The number of halogens is 2. The molecule has 0 fully saturated rings. The van der Waals surface area contributed by atoms with Gasteiger partial charge in [0, 0.05) is 27.2 Å². The van der Waals surface area contributed by atoms with Gasteiger partial charge < -0.3 is 15.1 Å². The van der Waals surface area contributed by atoms with Crippen molar-refractivity contribution in [3.63, 3.8) is 0 Å². The molecular formula is C28H22Cl2N2O3. The zero-order chi connectivity index (χ0) is 24.8. The van der Waals surface area contributed by atoms with Crippen LogP contribution in [0.4, 0.5) is 0 Å². The van der Waals surface area contributed by atoms with Gasteiger partial charge in [-0.15, -0.1) is 0 Å². The SMILES string of the molecule is CC(NC(=O)C(=Cc1ccc(-c2ccc(Cl)cc2)o1)NC(=O)c1ccc(Cl)cc1)c1ccccc1. The van der Waals surface area contributed by atoms with E-state index in [1.165, 1.54) is 6.08 Å². The van der Waals surface area contributed by atoms with Crippen molar-refractivity contribution < 1.29 is 14.0 Å². The molecule has 7 heteroatoms. The minimum Gasteiger partial charge on any atom is -0.457 e. The maximum atomic E-state index is 13.2. The van der Waals surface area contributed by atoms with Crippen LogP contribution in [0.2, 0.25) is 10.0 Å². The van der Waals surface area contributed by atoms with Crippen LogP contribution in [0.1, 0.15) is 34.6 Å². The highest BCUT2D eigenvalue weighted by molar-refractivity contribution is 6.31. The highest BCUT2D eigenvalue weighted by Crippen LogP contribution is 2.25. The minimum atomic E-state index is -0.451. The molecule has 0 saturated heterocycles. The van der Waals surface area contributed by atoms with Crippen molar-refractivity contribution in [1.82, 2.24) is 10.6 Å². The van der Waals surface area contributed by atoms with E-state index in [2.05, 4.69) is 10.6 Å². The molecule has 0 aliphatic carbocycles. The van der Waals surface area contributed by atoms with Crippen molar-refractivity contribution >= 4 is 41.1 Å². The highest BCUT2D eigenvalue weighted by Gasteiger charge is 2.18. The normalized spacial score (nSPS) is 12.1. The Kier molecular flexibility index (Phi) is 7.70. The van der Waals surface area contributed by atoms with Crippen LogP contribution in [0.25, 0.3) is 17.4 Å². The fraction of sp³-hybridized carbons (Fsp3) is 0.0714. The van der Waals surface area contributed by atoms with Gasteiger partial charge in [0.1, 0.15) is 17.2 Å². The number of hydrogen-bond acceptors (Lipinski definition) is 3. The number of hydrogen-bond donors (Lipinski definition) is 2. The Balaban J connectivity index is 1.60. The molecule has 1 aromatic heterocycles. The Hall–Kier alpha value is -3.80. The molecule has 3 aromatic carbocycles. The van der Waals surface area contributed by atoms with Crippen LogP contribution in [0.3, 0.4) is 0 Å². The number of nitrogens with one attached hydrogen (secondary N) is 2. The summed E-state index contributed by atoms with van der Waals surface area (Å²) in [5.41, 5.74) is 2.19. The van der Waals surface area contributed by atoms with E-state index in [1.54, 1.807) is 48.5 Å². The molecule has 0 bridgehead atoms. The largest absolute Gasteiger partial charge is 0.457 e. The Morgan fingerprint density at radius 3 is 2.11 bits per heavy atom. The van der Waals surface area contributed by atoms with E-state index in [9.17, 15) is 9.59 Å². The first-order valence-corrected chi connectivity index (χ1v) is 11.6. The number of furan rings is 1. The average Bonchev–Trinajstić information content (AvgIpc) is 3.33. The fourth-order valence-corrected chi connectivity index (χ4v) is 3.65. The Bertz CT molecular complexity index is 1350. The number of benzene rings is 3. The summed E-state index contributed by atoms with van der Waals surface area (Å²) in [6.45, 7) is 1.87. The summed E-state index contributed by atoms with van der Waals surface area (Å²) in [7, 11) is 0. The van der Waals surface area contributed by atoms with E-state index in [0.717, 1.165) is 11.1 Å². The van der Waals surface area contributed by atoms with Gasteiger partial charge >= 0.3 is 0 Å².